The summed E-state index contributed by atoms with van der Waals surface area (Å²) in [5, 5.41) is 0. The van der Waals surface area contributed by atoms with Crippen molar-refractivity contribution in [3.8, 4) is 0 Å². The Kier molecular flexibility index (Phi) is 6.76. The molecule has 6 nitrogen and oxygen atoms in total. The van der Waals surface area contributed by atoms with Crippen molar-refractivity contribution in [2.75, 3.05) is 44.2 Å². The highest BCUT2D eigenvalue weighted by molar-refractivity contribution is 7.91. The molecule has 0 saturated carbocycles. The predicted octanol–water partition coefficient (Wildman–Crippen LogP) is 2.39. The highest BCUT2D eigenvalue weighted by Crippen LogP contribution is 2.24. The van der Waals surface area contributed by atoms with Gasteiger partial charge >= 0.3 is 6.09 Å². The summed E-state index contributed by atoms with van der Waals surface area (Å²) in [5.41, 5.74) is -0.449. The molecule has 2 fully saturated rings. The van der Waals surface area contributed by atoms with Crippen LogP contribution in [-0.4, -0.2) is 74.1 Å². The molecule has 0 bridgehead atoms. The van der Waals surface area contributed by atoms with E-state index in [2.05, 4.69) is 4.90 Å². The quantitative estimate of drug-likeness (QED) is 0.739. The van der Waals surface area contributed by atoms with E-state index in [0.717, 1.165) is 52.0 Å². The Morgan fingerprint density at radius 2 is 1.68 bits per heavy atom. The summed E-state index contributed by atoms with van der Waals surface area (Å²) in [5.74, 6) is 1.38. The fraction of sp³-hybridized carbons (Fsp3) is 0.944. The SMILES string of the molecule is CCS(=O)(=O)CC1CCN(CC2CCN(C(=O)OC(C)(C)C)C2)CC1. The third-order valence-corrected chi connectivity index (χ3v) is 6.95. The Morgan fingerprint density at radius 1 is 1.08 bits per heavy atom. The molecule has 0 aromatic rings. The second-order valence-electron chi connectivity index (χ2n) is 8.52. The van der Waals surface area contributed by atoms with E-state index in [4.69, 9.17) is 4.74 Å². The highest BCUT2D eigenvalue weighted by atomic mass is 32.2. The number of rotatable bonds is 5. The number of carbonyl (C=O) groups excluding carboxylic acids is 1. The zero-order valence-corrected chi connectivity index (χ0v) is 17.0. The van der Waals surface area contributed by atoms with Crippen LogP contribution in [0, 0.1) is 11.8 Å². The topological polar surface area (TPSA) is 66.9 Å². The summed E-state index contributed by atoms with van der Waals surface area (Å²) >= 11 is 0. The lowest BCUT2D eigenvalue weighted by Gasteiger charge is -2.33. The van der Waals surface area contributed by atoms with Crippen molar-refractivity contribution in [3.63, 3.8) is 0 Å². The molecule has 0 radical (unpaired) electrons. The Bertz CT molecular complexity index is 548. The van der Waals surface area contributed by atoms with Crippen LogP contribution in [0.3, 0.4) is 0 Å². The van der Waals surface area contributed by atoms with Gasteiger partial charge in [-0.15, -0.1) is 0 Å². The minimum atomic E-state index is -2.87. The van der Waals surface area contributed by atoms with E-state index in [1.54, 1.807) is 6.92 Å². The first-order valence-corrected chi connectivity index (χ1v) is 11.3. The van der Waals surface area contributed by atoms with Crippen molar-refractivity contribution in [1.29, 1.82) is 0 Å². The smallest absolute Gasteiger partial charge is 0.410 e. The summed E-state index contributed by atoms with van der Waals surface area (Å²) in [6.07, 6.45) is 2.73. The van der Waals surface area contributed by atoms with Gasteiger partial charge < -0.3 is 14.5 Å². The van der Waals surface area contributed by atoms with Gasteiger partial charge in [-0.2, -0.15) is 0 Å². The zero-order chi connectivity index (χ0) is 18.7. The monoisotopic (exact) mass is 374 g/mol. The Balaban J connectivity index is 1.72. The van der Waals surface area contributed by atoms with E-state index in [1.165, 1.54) is 0 Å². The molecule has 2 aliphatic heterocycles. The largest absolute Gasteiger partial charge is 0.444 e. The van der Waals surface area contributed by atoms with Gasteiger partial charge in [-0.3, -0.25) is 0 Å². The molecule has 1 unspecified atom stereocenters. The Hall–Kier alpha value is -0.820. The van der Waals surface area contributed by atoms with Crippen LogP contribution in [0.5, 0.6) is 0 Å². The number of sulfone groups is 1. The summed E-state index contributed by atoms with van der Waals surface area (Å²) in [7, 11) is -2.87. The minimum absolute atomic E-state index is 0.210. The van der Waals surface area contributed by atoms with Gasteiger partial charge in [0, 0.05) is 25.4 Å². The molecule has 25 heavy (non-hydrogen) atoms. The predicted molar refractivity (Wildman–Crippen MR) is 99.4 cm³/mol. The normalized spacial score (nSPS) is 23.8. The molecule has 0 N–H and O–H groups in total. The highest BCUT2D eigenvalue weighted by Gasteiger charge is 2.32. The Morgan fingerprint density at radius 3 is 2.24 bits per heavy atom. The van der Waals surface area contributed by atoms with Crippen molar-refractivity contribution < 1.29 is 17.9 Å². The van der Waals surface area contributed by atoms with E-state index in [9.17, 15) is 13.2 Å². The minimum Gasteiger partial charge on any atom is -0.444 e. The van der Waals surface area contributed by atoms with Gasteiger partial charge in [-0.05, 0) is 65.0 Å². The molecule has 0 aromatic carbocycles. The molecule has 2 saturated heterocycles. The molecule has 2 aliphatic rings. The number of ether oxygens (including phenoxy) is 1. The van der Waals surface area contributed by atoms with E-state index >= 15 is 0 Å². The van der Waals surface area contributed by atoms with Crippen molar-refractivity contribution >= 4 is 15.9 Å². The van der Waals surface area contributed by atoms with Gasteiger partial charge in [0.25, 0.3) is 0 Å². The number of hydrogen-bond acceptors (Lipinski definition) is 5. The third kappa shape index (κ3) is 6.77. The van der Waals surface area contributed by atoms with Gasteiger partial charge in [-0.1, -0.05) is 6.92 Å². The van der Waals surface area contributed by atoms with Gasteiger partial charge in [0.15, 0.2) is 0 Å². The average molecular weight is 375 g/mol. The van der Waals surface area contributed by atoms with Crippen LogP contribution in [0.1, 0.15) is 47.0 Å². The van der Waals surface area contributed by atoms with Gasteiger partial charge in [0.05, 0.1) is 5.75 Å². The second kappa shape index (κ2) is 8.25. The van der Waals surface area contributed by atoms with Crippen molar-refractivity contribution in [1.82, 2.24) is 9.80 Å². The van der Waals surface area contributed by atoms with Gasteiger partial charge in [0.1, 0.15) is 15.4 Å². The zero-order valence-electron chi connectivity index (χ0n) is 16.2. The fourth-order valence-electron chi connectivity index (χ4n) is 3.65. The molecule has 0 aromatic heterocycles. The first-order chi connectivity index (χ1) is 11.6. The maximum Gasteiger partial charge on any atom is 0.410 e. The molecular formula is C18H34N2O4S. The van der Waals surface area contributed by atoms with Crippen LogP contribution in [0.25, 0.3) is 0 Å². The van der Waals surface area contributed by atoms with Crippen molar-refractivity contribution in [2.24, 2.45) is 11.8 Å². The Labute approximate surface area is 152 Å². The fourth-order valence-corrected chi connectivity index (χ4v) is 4.94. The van der Waals surface area contributed by atoms with Crippen LogP contribution >= 0.6 is 0 Å². The summed E-state index contributed by atoms with van der Waals surface area (Å²) in [4.78, 5) is 16.4. The molecule has 2 rings (SSSR count). The first kappa shape index (κ1) is 20.5. The van der Waals surface area contributed by atoms with Crippen LogP contribution in [-0.2, 0) is 14.6 Å². The summed E-state index contributed by atoms with van der Waals surface area (Å²) < 4.78 is 29.0. The van der Waals surface area contributed by atoms with Crippen molar-refractivity contribution in [2.45, 2.75) is 52.6 Å². The standard InChI is InChI=1S/C18H34N2O4S/c1-5-25(22,23)14-15-6-9-19(10-7-15)12-16-8-11-20(13-16)17(21)24-18(2,3)4/h15-16H,5-14H2,1-4H3. The maximum absolute atomic E-state index is 12.1. The maximum atomic E-state index is 12.1. The average Bonchev–Trinajstić information content (AvgIpc) is 2.96. The molecule has 146 valence electrons. The van der Waals surface area contributed by atoms with E-state index in [-0.39, 0.29) is 11.8 Å². The second-order valence-corrected chi connectivity index (χ2v) is 10.9. The lowest BCUT2D eigenvalue weighted by molar-refractivity contribution is 0.0284. The number of likely N-dealkylation sites (tertiary alicyclic amines) is 2. The number of piperidine rings is 1. The van der Waals surface area contributed by atoms with E-state index in [0.29, 0.717) is 17.6 Å². The van der Waals surface area contributed by atoms with Crippen LogP contribution in [0.15, 0.2) is 0 Å². The number of amides is 1. The molecule has 0 aliphatic carbocycles. The number of hydrogen-bond donors (Lipinski definition) is 0. The van der Waals surface area contributed by atoms with Crippen molar-refractivity contribution in [3.05, 3.63) is 0 Å². The van der Waals surface area contributed by atoms with Gasteiger partial charge in [-0.25, -0.2) is 13.2 Å². The number of nitrogens with zero attached hydrogens (tertiary/aromatic N) is 2. The molecular weight excluding hydrogens is 340 g/mol. The lowest BCUT2D eigenvalue weighted by atomic mass is 9.97. The van der Waals surface area contributed by atoms with E-state index in [1.807, 2.05) is 25.7 Å². The molecule has 7 heteroatoms. The summed E-state index contributed by atoms with van der Waals surface area (Å²) in [6.45, 7) is 11.8. The van der Waals surface area contributed by atoms with Gasteiger partial charge in [0.2, 0.25) is 0 Å². The molecule has 2 heterocycles. The van der Waals surface area contributed by atoms with Crippen LogP contribution in [0.4, 0.5) is 4.79 Å². The molecule has 0 spiro atoms. The van der Waals surface area contributed by atoms with Crippen LogP contribution < -0.4 is 0 Å². The third-order valence-electron chi connectivity index (χ3n) is 5.09. The first-order valence-electron chi connectivity index (χ1n) is 9.48. The lowest BCUT2D eigenvalue weighted by Crippen LogP contribution is -2.40. The summed E-state index contributed by atoms with van der Waals surface area (Å²) in [6, 6.07) is 0. The van der Waals surface area contributed by atoms with E-state index < -0.39 is 15.4 Å². The molecule has 1 amide bonds. The molecule has 1 atom stereocenters. The van der Waals surface area contributed by atoms with Crippen LogP contribution in [0.2, 0.25) is 0 Å². The number of carbonyl (C=O) groups is 1.